The lowest BCUT2D eigenvalue weighted by molar-refractivity contribution is 1.02. The van der Waals surface area contributed by atoms with Gasteiger partial charge in [0.2, 0.25) is 0 Å². The molecule has 3 aromatic carbocycles. The van der Waals surface area contributed by atoms with Crippen LogP contribution in [-0.2, 0) is 0 Å². The van der Waals surface area contributed by atoms with Gasteiger partial charge in [0.15, 0.2) is 0 Å². The summed E-state index contributed by atoms with van der Waals surface area (Å²) in [5.74, 6) is 0.169. The Hall–Kier alpha value is -3.39. The molecule has 0 saturated carbocycles. The number of pyridine rings is 1. The van der Waals surface area contributed by atoms with E-state index in [1.54, 1.807) is 0 Å². The Balaban J connectivity index is 1.70. The van der Waals surface area contributed by atoms with Gasteiger partial charge in [-0.25, -0.2) is 4.98 Å². The molecular formula is C24H18N2. The standard InChI is InChI=1S/C24H18N2/c1-2-9-18(10-3-1)24-19-11-5-7-13-22(19)25-16-20(24)23-15-14-17-8-4-6-12-21(17)26-23/h1-16,24-25H/t24-/m1/s1. The molecule has 26 heavy (non-hydrogen) atoms. The second kappa shape index (κ2) is 6.16. The van der Waals surface area contributed by atoms with Crippen LogP contribution in [0, 0.1) is 0 Å². The molecule has 0 spiro atoms. The molecule has 5 rings (SSSR count). The number of anilines is 1. The first-order valence-electron chi connectivity index (χ1n) is 8.87. The van der Waals surface area contributed by atoms with E-state index in [9.17, 15) is 0 Å². The van der Waals surface area contributed by atoms with Gasteiger partial charge < -0.3 is 5.32 Å². The van der Waals surface area contributed by atoms with Crippen LogP contribution < -0.4 is 5.32 Å². The van der Waals surface area contributed by atoms with E-state index >= 15 is 0 Å². The molecule has 0 aliphatic carbocycles. The highest BCUT2D eigenvalue weighted by Gasteiger charge is 2.26. The highest BCUT2D eigenvalue weighted by Crippen LogP contribution is 2.43. The van der Waals surface area contributed by atoms with E-state index in [0.29, 0.717) is 0 Å². The van der Waals surface area contributed by atoms with Crippen molar-refractivity contribution in [3.8, 4) is 0 Å². The first-order chi connectivity index (χ1) is 12.9. The van der Waals surface area contributed by atoms with Crippen molar-refractivity contribution in [1.29, 1.82) is 0 Å². The molecule has 1 aromatic heterocycles. The Morgan fingerprint density at radius 2 is 1.46 bits per heavy atom. The van der Waals surface area contributed by atoms with Crippen LogP contribution in [0.15, 0.2) is 97.2 Å². The Kier molecular flexibility index (Phi) is 3.53. The summed E-state index contributed by atoms with van der Waals surface area (Å²) in [6.07, 6.45) is 2.11. The lowest BCUT2D eigenvalue weighted by Gasteiger charge is -2.28. The fourth-order valence-electron chi connectivity index (χ4n) is 3.74. The third-order valence-electron chi connectivity index (χ3n) is 4.99. The number of aromatic nitrogens is 1. The van der Waals surface area contributed by atoms with Crippen LogP contribution in [0.5, 0.6) is 0 Å². The van der Waals surface area contributed by atoms with Crippen LogP contribution in [-0.4, -0.2) is 4.98 Å². The number of para-hydroxylation sites is 2. The lowest BCUT2D eigenvalue weighted by atomic mass is 9.81. The SMILES string of the molecule is C1=C(c2ccc3ccccc3n2)[C@H](c2ccccc2)c2ccccc2N1. The maximum Gasteiger partial charge on any atom is 0.0709 e. The minimum Gasteiger partial charge on any atom is -0.361 e. The smallest absolute Gasteiger partial charge is 0.0709 e. The number of nitrogens with zero attached hydrogens (tertiary/aromatic N) is 1. The lowest BCUT2D eigenvalue weighted by Crippen LogP contribution is -2.13. The van der Waals surface area contributed by atoms with Gasteiger partial charge in [0, 0.05) is 28.8 Å². The van der Waals surface area contributed by atoms with Crippen LogP contribution in [0.4, 0.5) is 5.69 Å². The number of benzene rings is 3. The van der Waals surface area contributed by atoms with Crippen LogP contribution >= 0.6 is 0 Å². The van der Waals surface area contributed by atoms with Crippen LogP contribution in [0.2, 0.25) is 0 Å². The van der Waals surface area contributed by atoms with Gasteiger partial charge in [-0.05, 0) is 29.3 Å². The van der Waals surface area contributed by atoms with E-state index in [4.69, 9.17) is 4.98 Å². The van der Waals surface area contributed by atoms with E-state index in [1.807, 2.05) is 12.1 Å². The molecule has 2 nitrogen and oxygen atoms in total. The second-order valence-electron chi connectivity index (χ2n) is 6.56. The molecule has 1 atom stereocenters. The van der Waals surface area contributed by atoms with Crippen LogP contribution in [0.1, 0.15) is 22.7 Å². The predicted octanol–water partition coefficient (Wildman–Crippen LogP) is 5.83. The number of fused-ring (bicyclic) bond motifs is 2. The van der Waals surface area contributed by atoms with Gasteiger partial charge >= 0.3 is 0 Å². The largest absolute Gasteiger partial charge is 0.361 e. The van der Waals surface area contributed by atoms with Crippen molar-refractivity contribution in [2.75, 3.05) is 5.32 Å². The normalized spacial score (nSPS) is 15.8. The fourth-order valence-corrected chi connectivity index (χ4v) is 3.74. The van der Waals surface area contributed by atoms with Gasteiger partial charge in [-0.1, -0.05) is 72.8 Å². The fraction of sp³-hybridized carbons (Fsp3) is 0.0417. The molecule has 0 amide bonds. The molecule has 0 saturated heterocycles. The summed E-state index contributed by atoms with van der Waals surface area (Å²) in [6, 6.07) is 31.7. The summed E-state index contributed by atoms with van der Waals surface area (Å²) >= 11 is 0. The molecule has 0 radical (unpaired) electrons. The van der Waals surface area contributed by atoms with Gasteiger partial charge in [-0.3, -0.25) is 0 Å². The molecule has 2 heterocycles. The number of nitrogens with one attached hydrogen (secondary N) is 1. The van der Waals surface area contributed by atoms with Crippen LogP contribution in [0.25, 0.3) is 16.5 Å². The van der Waals surface area contributed by atoms with Gasteiger partial charge in [0.25, 0.3) is 0 Å². The Bertz CT molecular complexity index is 1110. The molecule has 4 aromatic rings. The van der Waals surface area contributed by atoms with E-state index in [0.717, 1.165) is 22.3 Å². The maximum absolute atomic E-state index is 4.94. The third kappa shape index (κ3) is 2.47. The van der Waals surface area contributed by atoms with Gasteiger partial charge in [0.05, 0.1) is 11.2 Å². The number of allylic oxidation sites excluding steroid dienone is 1. The van der Waals surface area contributed by atoms with Crippen LogP contribution in [0.3, 0.4) is 0 Å². The van der Waals surface area contributed by atoms with Crippen molar-refractivity contribution in [2.45, 2.75) is 5.92 Å². The molecule has 0 fully saturated rings. The maximum atomic E-state index is 4.94. The van der Waals surface area contributed by atoms with Gasteiger partial charge in [-0.2, -0.15) is 0 Å². The first-order valence-corrected chi connectivity index (χ1v) is 8.87. The molecule has 0 unspecified atom stereocenters. The third-order valence-corrected chi connectivity index (χ3v) is 4.99. The predicted molar refractivity (Wildman–Crippen MR) is 108 cm³/mol. The second-order valence-corrected chi connectivity index (χ2v) is 6.56. The average Bonchev–Trinajstić information content (AvgIpc) is 2.73. The highest BCUT2D eigenvalue weighted by atomic mass is 14.9. The number of hydrogen-bond acceptors (Lipinski definition) is 2. The van der Waals surface area contributed by atoms with Crippen molar-refractivity contribution in [3.05, 3.63) is 114 Å². The topological polar surface area (TPSA) is 24.9 Å². The minimum atomic E-state index is 0.169. The zero-order valence-corrected chi connectivity index (χ0v) is 14.3. The van der Waals surface area contributed by atoms with E-state index in [-0.39, 0.29) is 5.92 Å². The van der Waals surface area contributed by atoms with Crippen molar-refractivity contribution in [3.63, 3.8) is 0 Å². The van der Waals surface area contributed by atoms with Crippen molar-refractivity contribution in [2.24, 2.45) is 0 Å². The molecular weight excluding hydrogens is 316 g/mol. The van der Waals surface area contributed by atoms with Gasteiger partial charge in [0.1, 0.15) is 0 Å². The quantitative estimate of drug-likeness (QED) is 0.498. The summed E-state index contributed by atoms with van der Waals surface area (Å²) < 4.78 is 0. The highest BCUT2D eigenvalue weighted by molar-refractivity contribution is 5.85. The Morgan fingerprint density at radius 3 is 2.38 bits per heavy atom. The van der Waals surface area contributed by atoms with E-state index in [1.165, 1.54) is 16.7 Å². The average molecular weight is 334 g/mol. The van der Waals surface area contributed by atoms with Gasteiger partial charge in [-0.15, -0.1) is 0 Å². The molecule has 124 valence electrons. The molecule has 1 aliphatic heterocycles. The summed E-state index contributed by atoms with van der Waals surface area (Å²) in [6.45, 7) is 0. The zero-order chi connectivity index (χ0) is 17.3. The van der Waals surface area contributed by atoms with E-state index < -0.39 is 0 Å². The number of hydrogen-bond donors (Lipinski definition) is 1. The Labute approximate surface area is 152 Å². The van der Waals surface area contributed by atoms with E-state index in [2.05, 4.69) is 90.4 Å². The van der Waals surface area contributed by atoms with Crippen molar-refractivity contribution >= 4 is 22.2 Å². The monoisotopic (exact) mass is 334 g/mol. The molecule has 1 aliphatic rings. The number of rotatable bonds is 2. The molecule has 2 heteroatoms. The summed E-state index contributed by atoms with van der Waals surface area (Å²) in [4.78, 5) is 4.94. The van der Waals surface area contributed by atoms with Crippen molar-refractivity contribution < 1.29 is 0 Å². The summed E-state index contributed by atoms with van der Waals surface area (Å²) in [7, 11) is 0. The zero-order valence-electron chi connectivity index (χ0n) is 14.3. The molecule has 1 N–H and O–H groups in total. The summed E-state index contributed by atoms with van der Waals surface area (Å²) in [5, 5.41) is 4.62. The van der Waals surface area contributed by atoms with Crippen molar-refractivity contribution in [1.82, 2.24) is 4.98 Å². The Morgan fingerprint density at radius 1 is 0.692 bits per heavy atom. The first kappa shape index (κ1) is 14.9. The summed E-state index contributed by atoms with van der Waals surface area (Å²) in [5.41, 5.74) is 6.96. The molecule has 0 bridgehead atoms. The minimum absolute atomic E-state index is 0.169.